The number of nitrogens with zero attached hydrogens (tertiary/aromatic N) is 6. The lowest BCUT2D eigenvalue weighted by molar-refractivity contribution is -0.0292. The van der Waals surface area contributed by atoms with E-state index < -0.39 is 0 Å². The molecule has 0 saturated carbocycles. The molecule has 0 radical (unpaired) electrons. The zero-order chi connectivity index (χ0) is 18.8. The molecule has 1 aliphatic heterocycles. The minimum absolute atomic E-state index is 0.0211. The van der Waals surface area contributed by atoms with Gasteiger partial charge in [0, 0.05) is 19.2 Å². The standard InChI is InChI=1S/C17H20N6O3S/c1-11-18-13-4-3-12(9-15(13)27-11)17(24)22-5-8-26-14(10-22)16-19-20-21-23(16)6-7-25-2/h3-4,9,14H,5-8,10H2,1-2H3/t14-/m0/s1. The lowest BCUT2D eigenvalue weighted by Crippen LogP contribution is -2.43. The van der Waals surface area contributed by atoms with Gasteiger partial charge >= 0.3 is 0 Å². The largest absolute Gasteiger partial charge is 0.383 e. The predicted octanol–water partition coefficient (Wildman–Crippen LogP) is 1.45. The summed E-state index contributed by atoms with van der Waals surface area (Å²) in [4.78, 5) is 19.2. The molecule has 1 aromatic carbocycles. The fourth-order valence-corrected chi connectivity index (χ4v) is 3.99. The molecule has 2 aromatic heterocycles. The highest BCUT2D eigenvalue weighted by Crippen LogP contribution is 2.25. The molecule has 1 saturated heterocycles. The van der Waals surface area contributed by atoms with E-state index in [1.165, 1.54) is 0 Å². The normalized spacial score (nSPS) is 17.6. The van der Waals surface area contributed by atoms with Crippen LogP contribution in [0, 0.1) is 6.92 Å². The number of ether oxygens (including phenoxy) is 2. The number of carbonyl (C=O) groups excluding carboxylic acids is 1. The average Bonchev–Trinajstić information content (AvgIpc) is 3.30. The van der Waals surface area contributed by atoms with Crippen LogP contribution < -0.4 is 0 Å². The van der Waals surface area contributed by atoms with Gasteiger partial charge in [0.1, 0.15) is 6.10 Å². The predicted molar refractivity (Wildman–Crippen MR) is 98.6 cm³/mol. The Labute approximate surface area is 159 Å². The van der Waals surface area contributed by atoms with Crippen LogP contribution in [0.25, 0.3) is 10.2 Å². The Hall–Kier alpha value is -2.43. The Morgan fingerprint density at radius 2 is 2.33 bits per heavy atom. The van der Waals surface area contributed by atoms with Gasteiger partial charge in [0.25, 0.3) is 5.91 Å². The van der Waals surface area contributed by atoms with Crippen molar-refractivity contribution in [3.05, 3.63) is 34.6 Å². The van der Waals surface area contributed by atoms with Crippen molar-refractivity contribution in [1.29, 1.82) is 0 Å². The molecule has 0 unspecified atom stereocenters. The summed E-state index contributed by atoms with van der Waals surface area (Å²) in [5, 5.41) is 12.8. The van der Waals surface area contributed by atoms with Gasteiger partial charge < -0.3 is 14.4 Å². The van der Waals surface area contributed by atoms with Crippen molar-refractivity contribution in [1.82, 2.24) is 30.1 Å². The van der Waals surface area contributed by atoms with Crippen LogP contribution in [0.15, 0.2) is 18.2 Å². The number of morpholine rings is 1. The summed E-state index contributed by atoms with van der Waals surface area (Å²) in [5.41, 5.74) is 1.58. The second kappa shape index (κ2) is 7.67. The first-order chi connectivity index (χ1) is 13.2. The Morgan fingerprint density at radius 3 is 3.19 bits per heavy atom. The fourth-order valence-electron chi connectivity index (χ4n) is 3.12. The van der Waals surface area contributed by atoms with E-state index in [0.717, 1.165) is 15.2 Å². The van der Waals surface area contributed by atoms with E-state index in [1.54, 1.807) is 28.0 Å². The molecule has 9 nitrogen and oxygen atoms in total. The number of tetrazole rings is 1. The van der Waals surface area contributed by atoms with E-state index in [2.05, 4.69) is 20.5 Å². The second-order valence-corrected chi connectivity index (χ2v) is 7.51. The van der Waals surface area contributed by atoms with Crippen molar-refractivity contribution in [3.63, 3.8) is 0 Å². The molecule has 0 bridgehead atoms. The minimum atomic E-state index is -0.357. The molecule has 3 heterocycles. The number of rotatable bonds is 5. The van der Waals surface area contributed by atoms with Gasteiger partial charge in [-0.2, -0.15) is 0 Å². The molecule has 4 rings (SSSR count). The number of fused-ring (bicyclic) bond motifs is 1. The Balaban J connectivity index is 1.51. The van der Waals surface area contributed by atoms with Crippen LogP contribution in [0.3, 0.4) is 0 Å². The highest BCUT2D eigenvalue weighted by Gasteiger charge is 2.30. The average molecular weight is 388 g/mol. The molecule has 0 N–H and O–H groups in total. The summed E-state index contributed by atoms with van der Waals surface area (Å²) >= 11 is 1.59. The Bertz CT molecular complexity index is 955. The molecular weight excluding hydrogens is 368 g/mol. The summed E-state index contributed by atoms with van der Waals surface area (Å²) in [5.74, 6) is 0.588. The number of amides is 1. The van der Waals surface area contributed by atoms with Gasteiger partial charge in [0.2, 0.25) is 0 Å². The molecular formula is C17H20N6O3S. The molecule has 1 aliphatic rings. The highest BCUT2D eigenvalue weighted by atomic mass is 32.1. The topological polar surface area (TPSA) is 95.3 Å². The van der Waals surface area contributed by atoms with E-state index in [4.69, 9.17) is 9.47 Å². The van der Waals surface area contributed by atoms with Gasteiger partial charge in [-0.05, 0) is 35.5 Å². The first-order valence-corrected chi connectivity index (χ1v) is 9.50. The molecule has 0 spiro atoms. The second-order valence-electron chi connectivity index (χ2n) is 6.28. The maximum Gasteiger partial charge on any atom is 0.254 e. The van der Waals surface area contributed by atoms with Crippen molar-refractivity contribution in [2.24, 2.45) is 0 Å². The number of aromatic nitrogens is 5. The van der Waals surface area contributed by atoms with Crippen LogP contribution in [0.2, 0.25) is 0 Å². The van der Waals surface area contributed by atoms with Gasteiger partial charge in [0.15, 0.2) is 5.82 Å². The number of carbonyl (C=O) groups is 1. The third kappa shape index (κ3) is 3.68. The van der Waals surface area contributed by atoms with E-state index in [9.17, 15) is 4.79 Å². The van der Waals surface area contributed by atoms with Crippen LogP contribution >= 0.6 is 11.3 Å². The third-order valence-electron chi connectivity index (χ3n) is 4.45. The molecule has 1 amide bonds. The number of benzene rings is 1. The van der Waals surface area contributed by atoms with E-state index >= 15 is 0 Å². The number of aryl methyl sites for hydroxylation is 1. The molecule has 142 valence electrons. The number of methoxy groups -OCH3 is 1. The summed E-state index contributed by atoms with van der Waals surface area (Å²) in [7, 11) is 1.63. The van der Waals surface area contributed by atoms with Crippen LogP contribution in [-0.2, 0) is 16.0 Å². The summed E-state index contributed by atoms with van der Waals surface area (Å²) in [6.45, 7) is 4.39. The molecule has 0 aliphatic carbocycles. The van der Waals surface area contributed by atoms with Gasteiger partial charge in [0.05, 0.1) is 41.5 Å². The quantitative estimate of drug-likeness (QED) is 0.653. The summed E-state index contributed by atoms with van der Waals surface area (Å²) in [6, 6.07) is 5.64. The van der Waals surface area contributed by atoms with Crippen molar-refractivity contribution >= 4 is 27.5 Å². The lowest BCUT2D eigenvalue weighted by Gasteiger charge is -2.32. The Kier molecular flexibility index (Phi) is 5.10. The SMILES string of the molecule is COCCn1nnnc1[C@@H]1CN(C(=O)c2ccc3nc(C)sc3c2)CCO1. The maximum atomic E-state index is 13.0. The van der Waals surface area contributed by atoms with E-state index in [1.807, 2.05) is 25.1 Å². The van der Waals surface area contributed by atoms with Crippen LogP contribution in [0.4, 0.5) is 0 Å². The zero-order valence-electron chi connectivity index (χ0n) is 15.2. The first kappa shape index (κ1) is 18.0. The first-order valence-electron chi connectivity index (χ1n) is 8.69. The lowest BCUT2D eigenvalue weighted by atomic mass is 10.1. The van der Waals surface area contributed by atoms with Gasteiger partial charge in [-0.1, -0.05) is 0 Å². The molecule has 1 fully saturated rings. The molecule has 3 aromatic rings. The third-order valence-corrected chi connectivity index (χ3v) is 5.38. The summed E-state index contributed by atoms with van der Waals surface area (Å²) in [6.07, 6.45) is -0.357. The zero-order valence-corrected chi connectivity index (χ0v) is 16.0. The fraction of sp³-hybridized carbons (Fsp3) is 0.471. The smallest absolute Gasteiger partial charge is 0.254 e. The van der Waals surface area contributed by atoms with E-state index in [-0.39, 0.29) is 12.0 Å². The number of hydrogen-bond donors (Lipinski definition) is 0. The molecule has 10 heteroatoms. The van der Waals surface area contributed by atoms with Gasteiger partial charge in [-0.25, -0.2) is 9.67 Å². The van der Waals surface area contributed by atoms with Crippen LogP contribution in [-0.4, -0.2) is 69.4 Å². The van der Waals surface area contributed by atoms with Crippen molar-refractivity contribution in [3.8, 4) is 0 Å². The summed E-state index contributed by atoms with van der Waals surface area (Å²) < 4.78 is 13.6. The van der Waals surface area contributed by atoms with Crippen LogP contribution in [0.5, 0.6) is 0 Å². The number of thiazole rings is 1. The van der Waals surface area contributed by atoms with Gasteiger partial charge in [-0.15, -0.1) is 16.4 Å². The van der Waals surface area contributed by atoms with E-state index in [0.29, 0.717) is 44.2 Å². The Morgan fingerprint density at radius 1 is 1.44 bits per heavy atom. The maximum absolute atomic E-state index is 13.0. The van der Waals surface area contributed by atoms with Crippen molar-refractivity contribution in [2.45, 2.75) is 19.6 Å². The van der Waals surface area contributed by atoms with Crippen molar-refractivity contribution in [2.75, 3.05) is 33.4 Å². The minimum Gasteiger partial charge on any atom is -0.383 e. The number of hydrogen-bond acceptors (Lipinski definition) is 8. The highest BCUT2D eigenvalue weighted by molar-refractivity contribution is 7.18. The van der Waals surface area contributed by atoms with Crippen LogP contribution in [0.1, 0.15) is 27.3 Å². The molecule has 27 heavy (non-hydrogen) atoms. The van der Waals surface area contributed by atoms with Gasteiger partial charge in [-0.3, -0.25) is 4.79 Å². The van der Waals surface area contributed by atoms with Crippen molar-refractivity contribution < 1.29 is 14.3 Å². The monoisotopic (exact) mass is 388 g/mol. The molecule has 1 atom stereocenters.